The normalized spacial score (nSPS) is 20.6. The predicted octanol–water partition coefficient (Wildman–Crippen LogP) is 2.94. The lowest BCUT2D eigenvalue weighted by Gasteiger charge is -2.32. The van der Waals surface area contributed by atoms with Crippen LogP contribution in [0.2, 0.25) is 0 Å². The number of hydrogen-bond acceptors (Lipinski definition) is 3. The van der Waals surface area contributed by atoms with Crippen molar-refractivity contribution in [2.45, 2.75) is 32.1 Å². The minimum atomic E-state index is 0.135. The zero-order chi connectivity index (χ0) is 11.8. The summed E-state index contributed by atoms with van der Waals surface area (Å²) in [6.07, 6.45) is 1.81. The van der Waals surface area contributed by atoms with Crippen LogP contribution >= 0.6 is 0 Å². The van der Waals surface area contributed by atoms with Gasteiger partial charge in [0.2, 0.25) is 0 Å². The second-order valence-corrected chi connectivity index (χ2v) is 4.84. The lowest BCUT2D eigenvalue weighted by molar-refractivity contribution is 0.315. The fraction of sp³-hybridized carbons (Fsp3) is 0.462. The molecule has 0 atom stereocenters. The quantitative estimate of drug-likeness (QED) is 0.583. The van der Waals surface area contributed by atoms with Gasteiger partial charge in [-0.15, -0.1) is 0 Å². The lowest BCUT2D eigenvalue weighted by atomic mass is 9.72. The molecule has 1 aliphatic carbocycles. The maximum atomic E-state index is 9.02. The van der Waals surface area contributed by atoms with Crippen LogP contribution in [0.5, 0.6) is 5.75 Å². The van der Waals surface area contributed by atoms with Crippen molar-refractivity contribution in [3.8, 4) is 5.75 Å². The highest BCUT2D eigenvalue weighted by atomic mass is 16.5. The van der Waals surface area contributed by atoms with E-state index >= 15 is 0 Å². The summed E-state index contributed by atoms with van der Waals surface area (Å²) in [5.41, 5.74) is 3.13. The van der Waals surface area contributed by atoms with Crippen LogP contribution in [-0.4, -0.2) is 18.0 Å². The van der Waals surface area contributed by atoms with Crippen molar-refractivity contribution < 1.29 is 9.94 Å². The number of hydrogen-bond donors (Lipinski definition) is 1. The predicted molar refractivity (Wildman–Crippen MR) is 63.6 cm³/mol. The van der Waals surface area contributed by atoms with E-state index in [4.69, 9.17) is 9.94 Å². The van der Waals surface area contributed by atoms with Crippen LogP contribution < -0.4 is 4.74 Å². The third-order valence-electron chi connectivity index (χ3n) is 3.37. The molecule has 2 rings (SSSR count). The van der Waals surface area contributed by atoms with Crippen molar-refractivity contribution in [1.82, 2.24) is 0 Å². The first-order valence-corrected chi connectivity index (χ1v) is 5.48. The van der Waals surface area contributed by atoms with Gasteiger partial charge in [-0.25, -0.2) is 0 Å². The molecule has 1 aromatic carbocycles. The molecule has 0 amide bonds. The smallest absolute Gasteiger partial charge is 0.119 e. The van der Waals surface area contributed by atoms with Crippen LogP contribution in [0.15, 0.2) is 23.4 Å². The second kappa shape index (κ2) is 3.81. The van der Waals surface area contributed by atoms with Crippen LogP contribution in [0, 0.1) is 0 Å². The van der Waals surface area contributed by atoms with Gasteiger partial charge in [-0.2, -0.15) is 0 Å². The van der Waals surface area contributed by atoms with E-state index in [0.717, 1.165) is 29.9 Å². The standard InChI is InChI=1S/C13H17NO2/c1-13(2)7-6-12(14-15)10-8-9(16-3)4-5-11(10)13/h4-5,8,15H,6-7H2,1-3H3/b14-12-. The number of methoxy groups -OCH3 is 1. The molecule has 0 saturated carbocycles. The van der Waals surface area contributed by atoms with E-state index in [1.54, 1.807) is 7.11 Å². The molecule has 1 N–H and O–H groups in total. The van der Waals surface area contributed by atoms with E-state index < -0.39 is 0 Å². The molecule has 0 aliphatic heterocycles. The molecular weight excluding hydrogens is 202 g/mol. The maximum Gasteiger partial charge on any atom is 0.119 e. The number of oxime groups is 1. The average molecular weight is 219 g/mol. The van der Waals surface area contributed by atoms with Gasteiger partial charge in [-0.3, -0.25) is 0 Å². The summed E-state index contributed by atoms with van der Waals surface area (Å²) < 4.78 is 5.20. The number of fused-ring (bicyclic) bond motifs is 1. The van der Waals surface area contributed by atoms with Gasteiger partial charge in [-0.05, 0) is 36.0 Å². The zero-order valence-corrected chi connectivity index (χ0v) is 9.95. The summed E-state index contributed by atoms with van der Waals surface area (Å²) in [6, 6.07) is 5.98. The Bertz CT molecular complexity index is 436. The van der Waals surface area contributed by atoms with Crippen molar-refractivity contribution in [3.05, 3.63) is 29.3 Å². The topological polar surface area (TPSA) is 41.8 Å². The first-order chi connectivity index (χ1) is 7.58. The molecule has 0 saturated heterocycles. The molecule has 0 bridgehead atoms. The van der Waals surface area contributed by atoms with E-state index in [-0.39, 0.29) is 5.41 Å². The summed E-state index contributed by atoms with van der Waals surface area (Å²) in [7, 11) is 1.64. The summed E-state index contributed by atoms with van der Waals surface area (Å²) in [6.45, 7) is 4.43. The molecule has 1 aromatic rings. The van der Waals surface area contributed by atoms with Crippen LogP contribution in [0.25, 0.3) is 0 Å². The molecule has 0 aromatic heterocycles. The Balaban J connectivity index is 2.60. The Labute approximate surface area is 95.7 Å². The largest absolute Gasteiger partial charge is 0.497 e. The Morgan fingerprint density at radius 3 is 2.75 bits per heavy atom. The number of rotatable bonds is 1. The van der Waals surface area contributed by atoms with Crippen LogP contribution in [0.1, 0.15) is 37.8 Å². The van der Waals surface area contributed by atoms with E-state index in [0.29, 0.717) is 0 Å². The highest BCUT2D eigenvalue weighted by molar-refractivity contribution is 6.03. The second-order valence-electron chi connectivity index (χ2n) is 4.84. The van der Waals surface area contributed by atoms with E-state index in [2.05, 4.69) is 25.1 Å². The Hall–Kier alpha value is -1.51. The lowest BCUT2D eigenvalue weighted by Crippen LogP contribution is -2.27. The number of ether oxygens (including phenoxy) is 1. The minimum Gasteiger partial charge on any atom is -0.497 e. The maximum absolute atomic E-state index is 9.02. The van der Waals surface area contributed by atoms with E-state index in [1.165, 1.54) is 5.56 Å². The highest BCUT2D eigenvalue weighted by Gasteiger charge is 2.30. The fourth-order valence-electron chi connectivity index (χ4n) is 2.28. The Kier molecular flexibility index (Phi) is 2.62. The van der Waals surface area contributed by atoms with Crippen molar-refractivity contribution in [2.24, 2.45) is 5.16 Å². The molecule has 0 radical (unpaired) electrons. The van der Waals surface area contributed by atoms with Crippen LogP contribution in [-0.2, 0) is 5.41 Å². The van der Waals surface area contributed by atoms with E-state index in [9.17, 15) is 0 Å². The van der Waals surface area contributed by atoms with Crippen LogP contribution in [0.4, 0.5) is 0 Å². The number of nitrogens with zero attached hydrogens (tertiary/aromatic N) is 1. The molecule has 0 unspecified atom stereocenters. The molecule has 0 spiro atoms. The molecular formula is C13H17NO2. The molecule has 0 fully saturated rings. The summed E-state index contributed by atoms with van der Waals surface area (Å²) in [5, 5.41) is 12.4. The summed E-state index contributed by atoms with van der Waals surface area (Å²) in [5.74, 6) is 0.803. The molecule has 3 heteroatoms. The molecule has 16 heavy (non-hydrogen) atoms. The fourth-order valence-corrected chi connectivity index (χ4v) is 2.28. The van der Waals surface area contributed by atoms with Gasteiger partial charge in [0, 0.05) is 5.56 Å². The first-order valence-electron chi connectivity index (χ1n) is 5.48. The van der Waals surface area contributed by atoms with Crippen molar-refractivity contribution in [1.29, 1.82) is 0 Å². The first kappa shape index (κ1) is 11.0. The molecule has 86 valence electrons. The third kappa shape index (κ3) is 1.66. The van der Waals surface area contributed by atoms with Gasteiger partial charge in [0.15, 0.2) is 0 Å². The molecule has 0 heterocycles. The van der Waals surface area contributed by atoms with Crippen LogP contribution in [0.3, 0.4) is 0 Å². The SMILES string of the molecule is COc1ccc2c(c1)/C(=N\O)CCC2(C)C. The molecule has 1 aliphatic rings. The van der Waals surface area contributed by atoms with Crippen molar-refractivity contribution in [3.63, 3.8) is 0 Å². The third-order valence-corrected chi connectivity index (χ3v) is 3.37. The Morgan fingerprint density at radius 1 is 1.38 bits per heavy atom. The van der Waals surface area contributed by atoms with Gasteiger partial charge < -0.3 is 9.94 Å². The van der Waals surface area contributed by atoms with E-state index in [1.807, 2.05) is 12.1 Å². The minimum absolute atomic E-state index is 0.135. The monoisotopic (exact) mass is 219 g/mol. The average Bonchev–Trinajstić information content (AvgIpc) is 2.28. The summed E-state index contributed by atoms with van der Waals surface area (Å²) in [4.78, 5) is 0. The van der Waals surface area contributed by atoms with Gasteiger partial charge in [-0.1, -0.05) is 25.1 Å². The number of benzene rings is 1. The van der Waals surface area contributed by atoms with Crippen molar-refractivity contribution in [2.75, 3.05) is 7.11 Å². The van der Waals surface area contributed by atoms with Gasteiger partial charge in [0.25, 0.3) is 0 Å². The van der Waals surface area contributed by atoms with Gasteiger partial charge >= 0.3 is 0 Å². The van der Waals surface area contributed by atoms with Crippen molar-refractivity contribution >= 4 is 5.71 Å². The Morgan fingerprint density at radius 2 is 2.12 bits per heavy atom. The molecule has 3 nitrogen and oxygen atoms in total. The highest BCUT2D eigenvalue weighted by Crippen LogP contribution is 2.38. The van der Waals surface area contributed by atoms with Gasteiger partial charge in [0.05, 0.1) is 12.8 Å². The zero-order valence-electron chi connectivity index (χ0n) is 9.95. The summed E-state index contributed by atoms with van der Waals surface area (Å²) >= 11 is 0. The van der Waals surface area contributed by atoms with Gasteiger partial charge in [0.1, 0.15) is 5.75 Å².